The van der Waals surface area contributed by atoms with Gasteiger partial charge in [0, 0.05) is 20.2 Å². The van der Waals surface area contributed by atoms with Crippen molar-refractivity contribution >= 4 is 35.3 Å². The number of methoxy groups -OCH3 is 1. The molecule has 11 nitrogen and oxygen atoms in total. The van der Waals surface area contributed by atoms with Gasteiger partial charge in [-0.3, -0.25) is 14.4 Å². The number of aryl methyl sites for hydroxylation is 1. The molecule has 1 aromatic carbocycles. The van der Waals surface area contributed by atoms with Gasteiger partial charge in [-0.2, -0.15) is 0 Å². The first-order valence-corrected chi connectivity index (χ1v) is 19.5. The van der Waals surface area contributed by atoms with Crippen LogP contribution < -0.4 is 10.6 Å². The van der Waals surface area contributed by atoms with E-state index in [4.69, 9.17) is 14.2 Å². The van der Waals surface area contributed by atoms with Crippen LogP contribution in [-0.2, 0) is 39.9 Å². The molecule has 1 aliphatic heterocycles. The van der Waals surface area contributed by atoms with E-state index in [2.05, 4.69) is 29.5 Å². The van der Waals surface area contributed by atoms with Crippen LogP contribution >= 0.6 is 11.3 Å². The van der Waals surface area contributed by atoms with E-state index in [0.717, 1.165) is 21.7 Å². The van der Waals surface area contributed by atoms with Crippen molar-refractivity contribution in [2.24, 2.45) is 5.41 Å². The van der Waals surface area contributed by atoms with Crippen LogP contribution in [0.2, 0.25) is 0 Å². The molecule has 0 spiro atoms. The molecule has 2 N–H and O–H groups in total. The summed E-state index contributed by atoms with van der Waals surface area (Å²) in [7, 11) is 1.71. The fraction of sp³-hybridized carbons (Fsp3) is 0.675. The summed E-state index contributed by atoms with van der Waals surface area (Å²) in [6.07, 6.45) is 3.16. The minimum atomic E-state index is -0.823. The number of rotatable bonds is 13. The highest BCUT2D eigenvalue weighted by Gasteiger charge is 2.41. The van der Waals surface area contributed by atoms with Crippen LogP contribution in [0.3, 0.4) is 0 Å². The monoisotopic (exact) mass is 750 g/mol. The second-order valence-electron chi connectivity index (χ2n) is 13.6. The summed E-state index contributed by atoms with van der Waals surface area (Å²) >= 11 is 1.59. The predicted molar refractivity (Wildman–Crippen MR) is 213 cm³/mol. The van der Waals surface area contributed by atoms with Gasteiger partial charge < -0.3 is 34.5 Å². The van der Waals surface area contributed by atoms with Crippen LogP contribution in [0.4, 0.5) is 0 Å². The minimum Gasteiger partial charge on any atom is -0.379 e. The third-order valence-corrected chi connectivity index (χ3v) is 8.07. The Labute approximate surface area is 319 Å². The lowest BCUT2D eigenvalue weighted by Gasteiger charge is -2.35. The van der Waals surface area contributed by atoms with Crippen LogP contribution in [0.1, 0.15) is 114 Å². The van der Waals surface area contributed by atoms with Crippen LogP contribution in [0.25, 0.3) is 10.4 Å². The molecule has 2 atom stereocenters. The van der Waals surface area contributed by atoms with Gasteiger partial charge in [-0.25, -0.2) is 4.98 Å². The highest BCUT2D eigenvalue weighted by Crippen LogP contribution is 2.28. The summed E-state index contributed by atoms with van der Waals surface area (Å²) in [6, 6.07) is 6.58. The second kappa shape index (κ2) is 28.3. The van der Waals surface area contributed by atoms with Gasteiger partial charge in [0.25, 0.3) is 0 Å². The van der Waals surface area contributed by atoms with Crippen LogP contribution in [-0.4, -0.2) is 91.7 Å². The third kappa shape index (κ3) is 20.7. The first kappa shape index (κ1) is 50.9. The van der Waals surface area contributed by atoms with E-state index in [1.54, 1.807) is 23.3 Å². The molecule has 0 radical (unpaired) electrons. The molecular weight excluding hydrogens is 681 g/mol. The Kier molecular flexibility index (Phi) is 27.7. The lowest BCUT2D eigenvalue weighted by atomic mass is 9.85. The lowest BCUT2D eigenvalue weighted by molar-refractivity contribution is -0.144. The average Bonchev–Trinajstić information content (AvgIpc) is 3.79. The number of ether oxygens (including phenoxy) is 3. The molecule has 1 saturated heterocycles. The van der Waals surface area contributed by atoms with E-state index < -0.39 is 23.4 Å². The maximum atomic E-state index is 13.6. The summed E-state index contributed by atoms with van der Waals surface area (Å²) in [6.45, 7) is 26.8. The summed E-state index contributed by atoms with van der Waals surface area (Å²) in [4.78, 5) is 56.5. The van der Waals surface area contributed by atoms with E-state index in [9.17, 15) is 19.2 Å². The van der Waals surface area contributed by atoms with Gasteiger partial charge in [0.2, 0.25) is 17.7 Å². The molecule has 0 aliphatic carbocycles. The maximum absolute atomic E-state index is 13.6. The van der Waals surface area contributed by atoms with Crippen molar-refractivity contribution in [3.05, 3.63) is 41.0 Å². The van der Waals surface area contributed by atoms with E-state index in [-0.39, 0.29) is 43.8 Å². The Morgan fingerprint density at radius 1 is 1.00 bits per heavy atom. The Bertz CT molecular complexity index is 1250. The van der Waals surface area contributed by atoms with Gasteiger partial charge in [-0.15, -0.1) is 11.3 Å². The zero-order valence-electron chi connectivity index (χ0n) is 34.6. The SMILES string of the molecule is CC.CC.CCC.COC(C)(C)C.Cc1ncsc1-c1ccc(CNC(=O)C2CCCN2C(=O)C(NC(=O)COCCOCC=O)C(C)(C)C)cc1. The molecule has 2 aromatic rings. The molecule has 12 heteroatoms. The highest BCUT2D eigenvalue weighted by atomic mass is 32.1. The Morgan fingerprint density at radius 2 is 1.56 bits per heavy atom. The number of hydrogen-bond acceptors (Lipinski definition) is 9. The number of likely N-dealkylation sites (tertiary alicyclic amines) is 1. The lowest BCUT2D eigenvalue weighted by Crippen LogP contribution is -2.58. The average molecular weight is 751 g/mol. The van der Waals surface area contributed by atoms with E-state index in [1.165, 1.54) is 6.42 Å². The van der Waals surface area contributed by atoms with Gasteiger partial charge in [0.05, 0.1) is 34.9 Å². The van der Waals surface area contributed by atoms with E-state index >= 15 is 0 Å². The standard InChI is InChI=1S/C28H38N4O6S.C5H12O.C3H8.2C2H6/c1-19-24(39-18-30-19)21-9-7-20(8-10-21)16-29-26(35)22-6-5-11-32(22)27(36)25(28(2,3)4)31-23(34)17-38-15-14-37-13-12-33;1-5(2,3)6-4;1-3-2;2*1-2/h7-10,12,18,22,25H,5-6,11,13-17H2,1-4H3,(H,29,35)(H,31,34);1-4H3;3H2,1-2H3;2*1-2H3. The number of hydrogen-bond donors (Lipinski definition) is 2. The number of thiazole rings is 1. The quantitative estimate of drug-likeness (QED) is 0.160. The van der Waals surface area contributed by atoms with Crippen molar-refractivity contribution in [3.63, 3.8) is 0 Å². The zero-order valence-corrected chi connectivity index (χ0v) is 35.5. The van der Waals surface area contributed by atoms with Crippen molar-refractivity contribution in [2.75, 3.05) is 40.1 Å². The van der Waals surface area contributed by atoms with Crippen molar-refractivity contribution in [2.45, 2.75) is 134 Å². The number of carbonyl (C=O) groups is 4. The highest BCUT2D eigenvalue weighted by molar-refractivity contribution is 7.13. The fourth-order valence-electron chi connectivity index (χ4n) is 4.39. The van der Waals surface area contributed by atoms with Crippen molar-refractivity contribution in [1.82, 2.24) is 20.5 Å². The summed E-state index contributed by atoms with van der Waals surface area (Å²) in [5.74, 6) is -0.927. The molecule has 2 heterocycles. The molecule has 1 aliphatic rings. The minimum absolute atomic E-state index is 0.0275. The first-order valence-electron chi connectivity index (χ1n) is 18.6. The number of aldehydes is 1. The molecule has 298 valence electrons. The summed E-state index contributed by atoms with van der Waals surface area (Å²) in [5, 5.41) is 5.76. The number of nitrogens with one attached hydrogen (secondary N) is 2. The number of benzene rings is 1. The first-order chi connectivity index (χ1) is 24.6. The summed E-state index contributed by atoms with van der Waals surface area (Å²) in [5.41, 5.74) is 4.32. The largest absolute Gasteiger partial charge is 0.379 e. The Morgan fingerprint density at radius 3 is 2.04 bits per heavy atom. The van der Waals surface area contributed by atoms with Gasteiger partial charge in [0.1, 0.15) is 31.6 Å². The molecule has 3 amide bonds. The molecule has 52 heavy (non-hydrogen) atoms. The zero-order chi connectivity index (χ0) is 40.3. The summed E-state index contributed by atoms with van der Waals surface area (Å²) < 4.78 is 15.2. The van der Waals surface area contributed by atoms with Crippen molar-refractivity contribution in [3.8, 4) is 10.4 Å². The smallest absolute Gasteiger partial charge is 0.246 e. The molecule has 1 aromatic heterocycles. The molecule has 3 rings (SSSR count). The molecule has 0 bridgehead atoms. The molecule has 0 saturated carbocycles. The normalized spacial score (nSPS) is 14.0. The van der Waals surface area contributed by atoms with Gasteiger partial charge >= 0.3 is 0 Å². The van der Waals surface area contributed by atoms with Crippen LogP contribution in [0, 0.1) is 12.3 Å². The number of amides is 3. The second-order valence-corrected chi connectivity index (χ2v) is 14.4. The van der Waals surface area contributed by atoms with Crippen LogP contribution in [0.5, 0.6) is 0 Å². The molecule has 2 unspecified atom stereocenters. The molecular formula is C40H70N4O7S. The van der Waals surface area contributed by atoms with Crippen LogP contribution in [0.15, 0.2) is 29.8 Å². The Hall–Kier alpha value is -3.19. The predicted octanol–water partition coefficient (Wildman–Crippen LogP) is 7.39. The van der Waals surface area contributed by atoms with Crippen molar-refractivity contribution in [1.29, 1.82) is 0 Å². The number of carbonyl (C=O) groups excluding carboxylic acids is 4. The van der Waals surface area contributed by atoms with Gasteiger partial charge in [0.15, 0.2) is 0 Å². The third-order valence-electron chi connectivity index (χ3n) is 7.09. The molecule has 1 fully saturated rings. The van der Waals surface area contributed by atoms with E-state index in [1.807, 2.05) is 106 Å². The fourth-order valence-corrected chi connectivity index (χ4v) is 5.21. The Balaban J connectivity index is 0. The van der Waals surface area contributed by atoms with Crippen molar-refractivity contribution < 1.29 is 33.4 Å². The van der Waals surface area contributed by atoms with E-state index in [0.29, 0.717) is 32.2 Å². The maximum Gasteiger partial charge on any atom is 0.246 e. The van der Waals surface area contributed by atoms with Gasteiger partial charge in [-0.05, 0) is 57.1 Å². The topological polar surface area (TPSA) is 136 Å². The number of nitrogens with zero attached hydrogens (tertiary/aromatic N) is 2. The van der Waals surface area contributed by atoms with Gasteiger partial charge in [-0.1, -0.05) is 93.0 Å². The number of aromatic nitrogens is 1.